The van der Waals surface area contributed by atoms with Crippen LogP contribution in [0, 0.1) is 11.3 Å². The van der Waals surface area contributed by atoms with E-state index in [1.807, 2.05) is 24.4 Å². The van der Waals surface area contributed by atoms with Crippen LogP contribution in [0.4, 0.5) is 5.82 Å². The summed E-state index contributed by atoms with van der Waals surface area (Å²) in [6, 6.07) is 9.78. The Morgan fingerprint density at radius 2 is 1.91 bits per heavy atom. The van der Waals surface area contributed by atoms with Crippen molar-refractivity contribution in [1.29, 1.82) is 5.26 Å². The Labute approximate surface area is 136 Å². The molecule has 0 radical (unpaired) electrons. The molecule has 0 aromatic carbocycles. The van der Waals surface area contributed by atoms with Gasteiger partial charge in [-0.2, -0.15) is 5.26 Å². The number of anilines is 1. The molecule has 0 amide bonds. The first-order chi connectivity index (χ1) is 11.3. The molecule has 6 nitrogen and oxygen atoms in total. The topological polar surface area (TPSA) is 65.3 Å². The van der Waals surface area contributed by atoms with Crippen LogP contribution in [0.1, 0.15) is 11.1 Å². The summed E-state index contributed by atoms with van der Waals surface area (Å²) in [7, 11) is 1.62. The zero-order chi connectivity index (χ0) is 16.1. The van der Waals surface area contributed by atoms with Gasteiger partial charge in [0.15, 0.2) is 0 Å². The molecule has 0 spiro atoms. The van der Waals surface area contributed by atoms with Gasteiger partial charge in [-0.05, 0) is 17.7 Å². The number of pyridine rings is 2. The van der Waals surface area contributed by atoms with Gasteiger partial charge in [0.1, 0.15) is 11.9 Å². The summed E-state index contributed by atoms with van der Waals surface area (Å²) < 4.78 is 5.08. The largest absolute Gasteiger partial charge is 0.481 e. The van der Waals surface area contributed by atoms with E-state index in [0.717, 1.165) is 38.5 Å². The lowest BCUT2D eigenvalue weighted by Gasteiger charge is -2.35. The predicted molar refractivity (Wildman–Crippen MR) is 87.2 cm³/mol. The number of nitriles is 1. The average Bonchev–Trinajstić information content (AvgIpc) is 2.63. The lowest BCUT2D eigenvalue weighted by Crippen LogP contribution is -2.46. The monoisotopic (exact) mass is 309 g/mol. The van der Waals surface area contributed by atoms with Crippen LogP contribution in [0.25, 0.3) is 0 Å². The molecule has 0 saturated carbocycles. The first-order valence-electron chi connectivity index (χ1n) is 7.61. The number of hydrogen-bond acceptors (Lipinski definition) is 6. The second kappa shape index (κ2) is 7.07. The van der Waals surface area contributed by atoms with Gasteiger partial charge >= 0.3 is 0 Å². The SMILES string of the molecule is COc1ccc(CN2CCN(c3ccc(C#N)cn3)CC2)cn1. The van der Waals surface area contributed by atoms with Crippen LogP contribution >= 0.6 is 0 Å². The van der Waals surface area contributed by atoms with E-state index < -0.39 is 0 Å². The van der Waals surface area contributed by atoms with Gasteiger partial charge in [0, 0.05) is 51.2 Å². The number of hydrogen-bond donors (Lipinski definition) is 0. The Bertz CT molecular complexity index is 670. The molecule has 3 rings (SSSR count). The van der Waals surface area contributed by atoms with Crippen LogP contribution in [0.15, 0.2) is 36.7 Å². The zero-order valence-corrected chi connectivity index (χ0v) is 13.1. The highest BCUT2D eigenvalue weighted by atomic mass is 16.5. The summed E-state index contributed by atoms with van der Waals surface area (Å²) >= 11 is 0. The van der Waals surface area contributed by atoms with Crippen molar-refractivity contribution in [3.05, 3.63) is 47.8 Å². The summed E-state index contributed by atoms with van der Waals surface area (Å²) in [5, 5.41) is 8.82. The van der Waals surface area contributed by atoms with Gasteiger partial charge < -0.3 is 9.64 Å². The molecule has 23 heavy (non-hydrogen) atoms. The van der Waals surface area contributed by atoms with Crippen LogP contribution in [0.5, 0.6) is 5.88 Å². The molecule has 0 atom stereocenters. The van der Waals surface area contributed by atoms with Gasteiger partial charge in [0.2, 0.25) is 5.88 Å². The average molecular weight is 309 g/mol. The molecule has 1 fully saturated rings. The maximum absolute atomic E-state index is 8.82. The van der Waals surface area contributed by atoms with E-state index in [-0.39, 0.29) is 0 Å². The molecular weight excluding hydrogens is 290 g/mol. The van der Waals surface area contributed by atoms with Gasteiger partial charge in [0.05, 0.1) is 12.7 Å². The van der Waals surface area contributed by atoms with Crippen molar-refractivity contribution in [2.24, 2.45) is 0 Å². The van der Waals surface area contributed by atoms with Gasteiger partial charge in [-0.1, -0.05) is 6.07 Å². The minimum absolute atomic E-state index is 0.597. The third-order valence-electron chi connectivity index (χ3n) is 3.99. The van der Waals surface area contributed by atoms with Crippen molar-refractivity contribution in [2.75, 3.05) is 38.2 Å². The normalized spacial score (nSPS) is 15.2. The van der Waals surface area contributed by atoms with E-state index in [4.69, 9.17) is 10.00 Å². The molecule has 0 unspecified atom stereocenters. The fraction of sp³-hybridized carbons (Fsp3) is 0.353. The summed E-state index contributed by atoms with van der Waals surface area (Å²) in [5.74, 6) is 1.58. The highest BCUT2D eigenvalue weighted by Gasteiger charge is 2.18. The second-order valence-corrected chi connectivity index (χ2v) is 5.49. The van der Waals surface area contributed by atoms with Crippen LogP contribution in [-0.2, 0) is 6.54 Å². The Hall–Kier alpha value is -2.65. The van der Waals surface area contributed by atoms with E-state index in [1.165, 1.54) is 5.56 Å². The number of rotatable bonds is 4. The minimum atomic E-state index is 0.597. The summed E-state index contributed by atoms with van der Waals surface area (Å²) in [6.07, 6.45) is 3.50. The third kappa shape index (κ3) is 3.76. The third-order valence-corrected chi connectivity index (χ3v) is 3.99. The molecule has 2 aromatic heterocycles. The van der Waals surface area contributed by atoms with E-state index in [0.29, 0.717) is 11.4 Å². The summed E-state index contributed by atoms with van der Waals surface area (Å²) in [5.41, 5.74) is 1.79. The Morgan fingerprint density at radius 1 is 1.09 bits per heavy atom. The molecular formula is C17H19N5O. The van der Waals surface area contributed by atoms with Crippen molar-refractivity contribution in [3.8, 4) is 11.9 Å². The van der Waals surface area contributed by atoms with Crippen LogP contribution < -0.4 is 9.64 Å². The molecule has 0 bridgehead atoms. The fourth-order valence-corrected chi connectivity index (χ4v) is 2.66. The molecule has 118 valence electrons. The first kappa shape index (κ1) is 15.3. The molecule has 0 aliphatic carbocycles. The van der Waals surface area contributed by atoms with Gasteiger partial charge in [-0.3, -0.25) is 4.90 Å². The Balaban J connectivity index is 1.54. The Kier molecular flexibility index (Phi) is 4.69. The molecule has 1 aliphatic rings. The molecule has 2 aromatic rings. The number of nitrogens with zero attached hydrogens (tertiary/aromatic N) is 5. The van der Waals surface area contributed by atoms with Crippen molar-refractivity contribution in [2.45, 2.75) is 6.54 Å². The van der Waals surface area contributed by atoms with E-state index >= 15 is 0 Å². The van der Waals surface area contributed by atoms with Crippen molar-refractivity contribution in [3.63, 3.8) is 0 Å². The quantitative estimate of drug-likeness (QED) is 0.856. The van der Waals surface area contributed by atoms with Crippen LogP contribution in [0.3, 0.4) is 0 Å². The van der Waals surface area contributed by atoms with Crippen molar-refractivity contribution >= 4 is 5.82 Å². The lowest BCUT2D eigenvalue weighted by atomic mass is 10.2. The highest BCUT2D eigenvalue weighted by Crippen LogP contribution is 2.16. The minimum Gasteiger partial charge on any atom is -0.481 e. The molecule has 3 heterocycles. The van der Waals surface area contributed by atoms with Crippen LogP contribution in [-0.4, -0.2) is 48.2 Å². The van der Waals surface area contributed by atoms with Crippen molar-refractivity contribution < 1.29 is 4.74 Å². The fourth-order valence-electron chi connectivity index (χ4n) is 2.66. The maximum Gasteiger partial charge on any atom is 0.212 e. The number of methoxy groups -OCH3 is 1. The maximum atomic E-state index is 8.82. The Morgan fingerprint density at radius 3 is 2.48 bits per heavy atom. The lowest BCUT2D eigenvalue weighted by molar-refractivity contribution is 0.249. The molecule has 1 aliphatic heterocycles. The summed E-state index contributed by atoms with van der Waals surface area (Å²) in [6.45, 7) is 4.72. The van der Waals surface area contributed by atoms with Gasteiger partial charge in [0.25, 0.3) is 0 Å². The van der Waals surface area contributed by atoms with Crippen molar-refractivity contribution in [1.82, 2.24) is 14.9 Å². The predicted octanol–water partition coefficient (Wildman–Crippen LogP) is 1.68. The highest BCUT2D eigenvalue weighted by molar-refractivity contribution is 5.42. The van der Waals surface area contributed by atoms with E-state index in [2.05, 4.69) is 31.9 Å². The summed E-state index contributed by atoms with van der Waals surface area (Å²) in [4.78, 5) is 13.3. The standard InChI is InChI=1S/C17H19N5O/c1-23-17-5-3-15(12-20-17)13-21-6-8-22(9-7-21)16-4-2-14(10-18)11-19-16/h2-5,11-12H,6-9,13H2,1H3. The number of ether oxygens (including phenoxy) is 1. The van der Waals surface area contributed by atoms with Gasteiger partial charge in [-0.25, -0.2) is 9.97 Å². The number of aromatic nitrogens is 2. The first-order valence-corrected chi connectivity index (χ1v) is 7.61. The van der Waals surface area contributed by atoms with Gasteiger partial charge in [-0.15, -0.1) is 0 Å². The molecule has 0 N–H and O–H groups in total. The number of piperazine rings is 1. The molecule has 1 saturated heterocycles. The van der Waals surface area contributed by atoms with E-state index in [9.17, 15) is 0 Å². The zero-order valence-electron chi connectivity index (χ0n) is 13.1. The van der Waals surface area contributed by atoms with Crippen LogP contribution in [0.2, 0.25) is 0 Å². The molecule has 6 heteroatoms. The van der Waals surface area contributed by atoms with E-state index in [1.54, 1.807) is 13.3 Å². The second-order valence-electron chi connectivity index (χ2n) is 5.49. The smallest absolute Gasteiger partial charge is 0.212 e.